The summed E-state index contributed by atoms with van der Waals surface area (Å²) in [6.07, 6.45) is 1.61. The molecule has 0 aromatic heterocycles. The second kappa shape index (κ2) is 5.55. The summed E-state index contributed by atoms with van der Waals surface area (Å²) < 4.78 is 0. The lowest BCUT2D eigenvalue weighted by Gasteiger charge is -1.97. The Morgan fingerprint density at radius 3 is 2.00 bits per heavy atom. The molecule has 4 nitrogen and oxygen atoms in total. The summed E-state index contributed by atoms with van der Waals surface area (Å²) in [5, 5.41) is 10.6. The maximum atomic E-state index is 10.1. The number of hydrogen-bond acceptors (Lipinski definition) is 3. The monoisotopic (exact) mass is 224 g/mol. The topological polar surface area (TPSA) is 53.8 Å². The van der Waals surface area contributed by atoms with E-state index in [0.29, 0.717) is 5.69 Å². The van der Waals surface area contributed by atoms with Crippen LogP contribution in [0, 0.1) is 0 Å². The van der Waals surface area contributed by atoms with Gasteiger partial charge in [-0.3, -0.25) is 4.79 Å². The van der Waals surface area contributed by atoms with Gasteiger partial charge in [0, 0.05) is 5.69 Å². The number of nitrogens with one attached hydrogen (secondary N) is 1. The number of amides is 1. The fourth-order valence-electron chi connectivity index (χ4n) is 1.28. The third-order valence-corrected chi connectivity index (χ3v) is 2.10. The number of nitrogens with zero attached hydrogens (tertiary/aromatic N) is 2. The molecule has 1 N–H and O–H groups in total. The van der Waals surface area contributed by atoms with Crippen LogP contribution >= 0.6 is 0 Å². The van der Waals surface area contributed by atoms with E-state index in [1.165, 1.54) is 0 Å². The van der Waals surface area contributed by atoms with E-state index in [4.69, 9.17) is 0 Å². The van der Waals surface area contributed by atoms with Crippen molar-refractivity contribution in [3.63, 3.8) is 0 Å². The third-order valence-electron chi connectivity index (χ3n) is 2.10. The number of anilines is 1. The van der Waals surface area contributed by atoms with E-state index >= 15 is 0 Å². The van der Waals surface area contributed by atoms with E-state index in [0.717, 1.165) is 11.4 Å². The Bertz CT molecular complexity index is 506. The van der Waals surface area contributed by atoms with Gasteiger partial charge in [0.15, 0.2) is 0 Å². The Balaban J connectivity index is 2.08. The van der Waals surface area contributed by atoms with Crippen molar-refractivity contribution < 1.29 is 4.79 Å². The van der Waals surface area contributed by atoms with Crippen molar-refractivity contribution in [2.75, 3.05) is 5.32 Å². The maximum Gasteiger partial charge on any atom is 0.314 e. The molecular weight excluding hydrogens is 214 g/mol. The van der Waals surface area contributed by atoms with Gasteiger partial charge in [-0.2, -0.15) is 10.2 Å². The highest BCUT2D eigenvalue weighted by atomic mass is 16.1. The molecule has 0 atom stereocenters. The van der Waals surface area contributed by atoms with E-state index in [9.17, 15) is 4.79 Å². The summed E-state index contributed by atoms with van der Waals surface area (Å²) in [5.74, 6) is 0. The van der Waals surface area contributed by atoms with Crippen LogP contribution in [0.1, 0.15) is 0 Å². The molecule has 0 saturated carbocycles. The summed E-state index contributed by atoms with van der Waals surface area (Å²) in [4.78, 5) is 10.1. The summed E-state index contributed by atoms with van der Waals surface area (Å²) >= 11 is 0. The lowest BCUT2D eigenvalue weighted by atomic mass is 10.3. The van der Waals surface area contributed by atoms with Crippen LogP contribution in [0.25, 0.3) is 0 Å². The van der Waals surface area contributed by atoms with E-state index in [1.807, 2.05) is 30.3 Å². The molecule has 0 fully saturated rings. The standard InChI is InChI=1S/C13H10N3O/c17-10-14-11-6-8-13(9-7-11)16-15-12-4-2-1-3-5-12/h1-9H,(H,14,17)/b16-15+. The van der Waals surface area contributed by atoms with Crippen molar-refractivity contribution in [2.24, 2.45) is 10.2 Å². The quantitative estimate of drug-likeness (QED) is 0.626. The largest absolute Gasteiger partial charge is 0.318 e. The van der Waals surface area contributed by atoms with Gasteiger partial charge in [0.2, 0.25) is 0 Å². The molecule has 1 radical (unpaired) electrons. The van der Waals surface area contributed by atoms with Gasteiger partial charge in [-0.25, -0.2) is 0 Å². The third kappa shape index (κ3) is 3.24. The molecule has 0 aliphatic heterocycles. The van der Waals surface area contributed by atoms with Gasteiger partial charge in [-0.1, -0.05) is 18.2 Å². The zero-order valence-corrected chi connectivity index (χ0v) is 9.00. The van der Waals surface area contributed by atoms with Crippen molar-refractivity contribution in [3.05, 3.63) is 54.6 Å². The van der Waals surface area contributed by atoms with Crippen LogP contribution in [0.5, 0.6) is 0 Å². The van der Waals surface area contributed by atoms with Crippen LogP contribution in [0.4, 0.5) is 17.1 Å². The van der Waals surface area contributed by atoms with Crippen LogP contribution in [0.2, 0.25) is 0 Å². The van der Waals surface area contributed by atoms with Crippen molar-refractivity contribution >= 4 is 23.5 Å². The first-order valence-electron chi connectivity index (χ1n) is 5.08. The Morgan fingerprint density at radius 1 is 0.824 bits per heavy atom. The lowest BCUT2D eigenvalue weighted by Crippen LogP contribution is -1.91. The number of azo groups is 1. The first-order chi connectivity index (χ1) is 8.38. The summed E-state index contributed by atoms with van der Waals surface area (Å²) in [5.41, 5.74) is 2.21. The van der Waals surface area contributed by atoms with Crippen molar-refractivity contribution in [1.29, 1.82) is 0 Å². The molecule has 2 aromatic rings. The molecule has 83 valence electrons. The molecule has 0 aliphatic carbocycles. The van der Waals surface area contributed by atoms with E-state index in [-0.39, 0.29) is 0 Å². The second-order valence-corrected chi connectivity index (χ2v) is 3.31. The minimum atomic E-state index is 0.679. The minimum Gasteiger partial charge on any atom is -0.318 e. The lowest BCUT2D eigenvalue weighted by molar-refractivity contribution is 0.561. The summed E-state index contributed by atoms with van der Waals surface area (Å²) in [6, 6.07) is 16.5. The molecule has 2 aromatic carbocycles. The molecule has 2 rings (SSSR count). The van der Waals surface area contributed by atoms with Crippen LogP contribution in [0.3, 0.4) is 0 Å². The average molecular weight is 224 g/mol. The normalized spacial score (nSPS) is 10.4. The van der Waals surface area contributed by atoms with Crippen LogP contribution in [0.15, 0.2) is 64.8 Å². The van der Waals surface area contributed by atoms with Gasteiger partial charge in [0.25, 0.3) is 0 Å². The first kappa shape index (κ1) is 11.0. The van der Waals surface area contributed by atoms with Crippen molar-refractivity contribution in [3.8, 4) is 0 Å². The summed E-state index contributed by atoms with van der Waals surface area (Å²) in [7, 11) is 0. The highest BCUT2D eigenvalue weighted by Crippen LogP contribution is 2.19. The fraction of sp³-hybridized carbons (Fsp3) is 0. The van der Waals surface area contributed by atoms with Crippen LogP contribution < -0.4 is 5.32 Å². The van der Waals surface area contributed by atoms with Gasteiger partial charge < -0.3 is 5.32 Å². The van der Waals surface area contributed by atoms with Crippen molar-refractivity contribution in [2.45, 2.75) is 0 Å². The predicted molar refractivity (Wildman–Crippen MR) is 66.4 cm³/mol. The van der Waals surface area contributed by atoms with Gasteiger partial charge in [0.1, 0.15) is 0 Å². The Hall–Kier alpha value is -2.49. The van der Waals surface area contributed by atoms with Gasteiger partial charge in [0.05, 0.1) is 11.4 Å². The smallest absolute Gasteiger partial charge is 0.314 e. The Labute approximate surface area is 99.0 Å². The minimum absolute atomic E-state index is 0.679. The van der Waals surface area contributed by atoms with Gasteiger partial charge in [-0.15, -0.1) is 0 Å². The molecule has 0 aliphatic rings. The zero-order chi connectivity index (χ0) is 11.9. The highest BCUT2D eigenvalue weighted by Gasteiger charge is 1.92. The molecular formula is C13H10N3O. The Morgan fingerprint density at radius 2 is 1.41 bits per heavy atom. The molecule has 0 spiro atoms. The molecule has 0 bridgehead atoms. The average Bonchev–Trinajstić information content (AvgIpc) is 2.40. The molecule has 0 unspecified atom stereocenters. The number of carbonyl (C=O) groups excluding carboxylic acids is 1. The molecule has 1 amide bonds. The zero-order valence-electron chi connectivity index (χ0n) is 9.00. The Kier molecular flexibility index (Phi) is 3.60. The van der Waals surface area contributed by atoms with Crippen LogP contribution in [-0.4, -0.2) is 6.41 Å². The molecule has 17 heavy (non-hydrogen) atoms. The predicted octanol–water partition coefficient (Wildman–Crippen LogP) is 3.58. The first-order valence-corrected chi connectivity index (χ1v) is 5.08. The van der Waals surface area contributed by atoms with E-state index in [1.54, 1.807) is 30.7 Å². The summed E-state index contributed by atoms with van der Waals surface area (Å²) in [6.45, 7) is 0. The highest BCUT2D eigenvalue weighted by molar-refractivity contribution is 5.72. The molecule has 0 heterocycles. The SMILES string of the molecule is O=[C]Nc1ccc(/N=N/c2ccccc2)cc1. The van der Waals surface area contributed by atoms with Crippen molar-refractivity contribution in [1.82, 2.24) is 0 Å². The fourth-order valence-corrected chi connectivity index (χ4v) is 1.28. The van der Waals surface area contributed by atoms with Gasteiger partial charge in [-0.05, 0) is 36.4 Å². The number of benzene rings is 2. The second-order valence-electron chi connectivity index (χ2n) is 3.31. The van der Waals surface area contributed by atoms with Gasteiger partial charge >= 0.3 is 6.41 Å². The number of rotatable bonds is 4. The van der Waals surface area contributed by atoms with E-state index < -0.39 is 0 Å². The van der Waals surface area contributed by atoms with E-state index in [2.05, 4.69) is 15.5 Å². The molecule has 0 saturated heterocycles. The molecule has 4 heteroatoms. The number of hydrogen-bond donors (Lipinski definition) is 1. The van der Waals surface area contributed by atoms with Crippen LogP contribution in [-0.2, 0) is 4.79 Å². The maximum absolute atomic E-state index is 10.1.